The molecule has 1 rings (SSSR count). The summed E-state index contributed by atoms with van der Waals surface area (Å²) in [5, 5.41) is 2.94. The second-order valence-electron chi connectivity index (χ2n) is 3.18. The van der Waals surface area contributed by atoms with Crippen LogP contribution in [-0.2, 0) is 11.3 Å². The molecule has 4 nitrogen and oxygen atoms in total. The number of hydrogen-bond acceptors (Lipinski definition) is 3. The zero-order valence-corrected chi connectivity index (χ0v) is 8.62. The van der Waals surface area contributed by atoms with Crippen LogP contribution >= 0.6 is 0 Å². The van der Waals surface area contributed by atoms with Crippen molar-refractivity contribution in [2.45, 2.75) is 13.0 Å². The van der Waals surface area contributed by atoms with E-state index in [2.05, 4.69) is 5.32 Å². The smallest absolute Gasteiger partial charge is 0.223 e. The number of carbonyl (C=O) groups excluding carboxylic acids is 1. The Labute approximate surface area is 83.9 Å². The lowest BCUT2D eigenvalue weighted by atomic mass is 10.3. The molecule has 1 amide bonds. The van der Waals surface area contributed by atoms with Crippen molar-refractivity contribution in [1.29, 1.82) is 0 Å². The van der Waals surface area contributed by atoms with Crippen molar-refractivity contribution in [3.63, 3.8) is 0 Å². The fourth-order valence-electron chi connectivity index (χ4n) is 1.15. The van der Waals surface area contributed by atoms with E-state index in [4.69, 9.17) is 4.42 Å². The Hall–Kier alpha value is -1.29. The van der Waals surface area contributed by atoms with Gasteiger partial charge in [0.05, 0.1) is 12.8 Å². The van der Waals surface area contributed by atoms with Crippen molar-refractivity contribution >= 4 is 5.91 Å². The zero-order chi connectivity index (χ0) is 10.4. The monoisotopic (exact) mass is 196 g/mol. The molecule has 4 heteroatoms. The molecular weight excluding hydrogens is 180 g/mol. The lowest BCUT2D eigenvalue weighted by Gasteiger charge is -2.15. The van der Waals surface area contributed by atoms with E-state index in [0.717, 1.165) is 5.76 Å². The van der Waals surface area contributed by atoms with E-state index in [-0.39, 0.29) is 5.91 Å². The summed E-state index contributed by atoms with van der Waals surface area (Å²) >= 11 is 0. The molecule has 0 saturated carbocycles. The quantitative estimate of drug-likeness (QED) is 0.759. The van der Waals surface area contributed by atoms with E-state index in [1.54, 1.807) is 18.2 Å². The van der Waals surface area contributed by atoms with E-state index in [1.165, 1.54) is 0 Å². The molecule has 0 saturated heterocycles. The molecule has 0 aliphatic carbocycles. The Kier molecular flexibility index (Phi) is 4.19. The average molecular weight is 196 g/mol. The SMILES string of the molecule is CNCCC(=O)N(C)Cc1ccco1. The molecular formula is C10H16N2O2. The second kappa shape index (κ2) is 5.44. The highest BCUT2D eigenvalue weighted by Crippen LogP contribution is 2.04. The minimum Gasteiger partial charge on any atom is -0.467 e. The van der Waals surface area contributed by atoms with Crippen molar-refractivity contribution in [2.24, 2.45) is 0 Å². The van der Waals surface area contributed by atoms with Gasteiger partial charge in [0.2, 0.25) is 5.91 Å². The number of furan rings is 1. The molecule has 0 atom stereocenters. The molecule has 1 heterocycles. The van der Waals surface area contributed by atoms with Crippen LogP contribution in [0.5, 0.6) is 0 Å². The first-order chi connectivity index (χ1) is 6.74. The molecule has 14 heavy (non-hydrogen) atoms. The Balaban J connectivity index is 2.34. The third-order valence-corrected chi connectivity index (χ3v) is 1.99. The fraction of sp³-hybridized carbons (Fsp3) is 0.500. The molecule has 0 radical (unpaired) electrons. The van der Waals surface area contributed by atoms with E-state index in [0.29, 0.717) is 19.5 Å². The number of rotatable bonds is 5. The van der Waals surface area contributed by atoms with Crippen molar-refractivity contribution in [3.8, 4) is 0 Å². The molecule has 1 aromatic rings. The van der Waals surface area contributed by atoms with Gasteiger partial charge in [-0.1, -0.05) is 0 Å². The fourth-order valence-corrected chi connectivity index (χ4v) is 1.15. The van der Waals surface area contributed by atoms with Crippen LogP contribution in [0.1, 0.15) is 12.2 Å². The Morgan fingerprint density at radius 1 is 1.64 bits per heavy atom. The predicted octanol–water partition coefficient (Wildman–Crippen LogP) is 0.847. The molecule has 0 unspecified atom stereocenters. The maximum atomic E-state index is 11.5. The number of amides is 1. The average Bonchev–Trinajstić information content (AvgIpc) is 2.66. The van der Waals surface area contributed by atoms with Gasteiger partial charge < -0.3 is 14.6 Å². The summed E-state index contributed by atoms with van der Waals surface area (Å²) in [4.78, 5) is 13.1. The van der Waals surface area contributed by atoms with Crippen LogP contribution in [0, 0.1) is 0 Å². The zero-order valence-electron chi connectivity index (χ0n) is 8.62. The van der Waals surface area contributed by atoms with E-state index >= 15 is 0 Å². The summed E-state index contributed by atoms with van der Waals surface area (Å²) in [6.45, 7) is 1.25. The highest BCUT2D eigenvalue weighted by Gasteiger charge is 2.09. The van der Waals surface area contributed by atoms with Crippen molar-refractivity contribution in [3.05, 3.63) is 24.2 Å². The van der Waals surface area contributed by atoms with Crippen molar-refractivity contribution in [2.75, 3.05) is 20.6 Å². The van der Waals surface area contributed by atoms with Gasteiger partial charge in [0.25, 0.3) is 0 Å². The molecule has 1 N–H and O–H groups in total. The van der Waals surface area contributed by atoms with Crippen molar-refractivity contribution < 1.29 is 9.21 Å². The molecule has 0 aromatic carbocycles. The summed E-state index contributed by atoms with van der Waals surface area (Å²) in [6.07, 6.45) is 2.13. The lowest BCUT2D eigenvalue weighted by Crippen LogP contribution is -2.28. The Morgan fingerprint density at radius 3 is 3.00 bits per heavy atom. The van der Waals surface area contributed by atoms with Crippen molar-refractivity contribution in [1.82, 2.24) is 10.2 Å². The van der Waals surface area contributed by atoms with Gasteiger partial charge in [0.15, 0.2) is 0 Å². The van der Waals surface area contributed by atoms with E-state index in [9.17, 15) is 4.79 Å². The van der Waals surface area contributed by atoms with Crippen LogP contribution in [0.3, 0.4) is 0 Å². The summed E-state index contributed by atoms with van der Waals surface area (Å²) < 4.78 is 5.15. The first-order valence-corrected chi connectivity index (χ1v) is 4.65. The highest BCUT2D eigenvalue weighted by atomic mass is 16.3. The van der Waals surface area contributed by atoms with Crippen LogP contribution < -0.4 is 5.32 Å². The third-order valence-electron chi connectivity index (χ3n) is 1.99. The molecule has 0 aliphatic rings. The standard InChI is InChI=1S/C10H16N2O2/c1-11-6-5-10(13)12(2)8-9-4-3-7-14-9/h3-4,7,11H,5-6,8H2,1-2H3. The number of nitrogens with one attached hydrogen (secondary N) is 1. The lowest BCUT2D eigenvalue weighted by molar-refractivity contribution is -0.130. The number of nitrogens with zero attached hydrogens (tertiary/aromatic N) is 1. The first kappa shape index (κ1) is 10.8. The highest BCUT2D eigenvalue weighted by molar-refractivity contribution is 5.75. The van der Waals surface area contributed by atoms with Crippen LogP contribution in [0.25, 0.3) is 0 Å². The number of hydrogen-bond donors (Lipinski definition) is 1. The topological polar surface area (TPSA) is 45.5 Å². The van der Waals surface area contributed by atoms with Gasteiger partial charge in [-0.2, -0.15) is 0 Å². The normalized spacial score (nSPS) is 10.1. The van der Waals surface area contributed by atoms with Gasteiger partial charge in [-0.15, -0.1) is 0 Å². The molecule has 78 valence electrons. The first-order valence-electron chi connectivity index (χ1n) is 4.65. The molecule has 0 fully saturated rings. The largest absolute Gasteiger partial charge is 0.467 e. The summed E-state index contributed by atoms with van der Waals surface area (Å²) in [6, 6.07) is 3.68. The van der Waals surface area contributed by atoms with E-state index < -0.39 is 0 Å². The summed E-state index contributed by atoms with van der Waals surface area (Å²) in [5.74, 6) is 0.932. The summed E-state index contributed by atoms with van der Waals surface area (Å²) in [7, 11) is 3.61. The van der Waals surface area contributed by atoms with Crippen LogP contribution in [0.4, 0.5) is 0 Å². The molecule has 0 spiro atoms. The Morgan fingerprint density at radius 2 is 2.43 bits per heavy atom. The van der Waals surface area contributed by atoms with Gasteiger partial charge in [-0.3, -0.25) is 4.79 Å². The van der Waals surface area contributed by atoms with Crippen LogP contribution in [0.15, 0.2) is 22.8 Å². The predicted molar refractivity (Wildman–Crippen MR) is 53.7 cm³/mol. The van der Waals surface area contributed by atoms with Crippen LogP contribution in [-0.4, -0.2) is 31.4 Å². The minimum atomic E-state index is 0.121. The van der Waals surface area contributed by atoms with Gasteiger partial charge >= 0.3 is 0 Å². The molecule has 0 aliphatic heterocycles. The van der Waals surface area contributed by atoms with E-state index in [1.807, 2.05) is 19.2 Å². The molecule has 0 bridgehead atoms. The van der Waals surface area contributed by atoms with Gasteiger partial charge in [0, 0.05) is 20.0 Å². The third kappa shape index (κ3) is 3.22. The van der Waals surface area contributed by atoms with Gasteiger partial charge in [0.1, 0.15) is 5.76 Å². The second-order valence-corrected chi connectivity index (χ2v) is 3.18. The number of carbonyl (C=O) groups is 1. The van der Waals surface area contributed by atoms with Gasteiger partial charge in [-0.05, 0) is 19.2 Å². The minimum absolute atomic E-state index is 0.121. The molecule has 1 aromatic heterocycles. The van der Waals surface area contributed by atoms with Gasteiger partial charge in [-0.25, -0.2) is 0 Å². The maximum Gasteiger partial charge on any atom is 0.223 e. The summed E-state index contributed by atoms with van der Waals surface area (Å²) in [5.41, 5.74) is 0. The maximum absolute atomic E-state index is 11.5. The van der Waals surface area contributed by atoms with Crippen LogP contribution in [0.2, 0.25) is 0 Å². The Bertz CT molecular complexity index is 270.